The van der Waals surface area contributed by atoms with Crippen molar-refractivity contribution in [2.24, 2.45) is 0 Å². The number of fused-ring (bicyclic) bond motifs is 1. The molecule has 0 aliphatic carbocycles. The van der Waals surface area contributed by atoms with Gasteiger partial charge in [-0.2, -0.15) is 0 Å². The molecule has 0 aliphatic heterocycles. The Hall–Kier alpha value is -2.14. The molecule has 0 aliphatic rings. The number of methoxy groups -OCH3 is 1. The standard InChI is InChI=1S/C15H15N3OS/c1-10-16-14(13-8-9-20-15(13)17-10)18(2)11-4-6-12(19-3)7-5-11/h4-9H,1-3H3. The lowest BCUT2D eigenvalue weighted by atomic mass is 10.2. The van der Waals surface area contributed by atoms with Gasteiger partial charge in [-0.25, -0.2) is 9.97 Å². The molecule has 2 aromatic heterocycles. The van der Waals surface area contributed by atoms with E-state index in [4.69, 9.17) is 4.74 Å². The van der Waals surface area contributed by atoms with E-state index in [0.717, 1.165) is 33.3 Å². The number of hydrogen-bond donors (Lipinski definition) is 0. The van der Waals surface area contributed by atoms with Gasteiger partial charge < -0.3 is 9.64 Å². The van der Waals surface area contributed by atoms with Gasteiger partial charge in [0.15, 0.2) is 0 Å². The summed E-state index contributed by atoms with van der Waals surface area (Å²) >= 11 is 1.64. The molecule has 20 heavy (non-hydrogen) atoms. The minimum Gasteiger partial charge on any atom is -0.497 e. The molecular formula is C15H15N3OS. The second kappa shape index (κ2) is 5.09. The van der Waals surface area contributed by atoms with Gasteiger partial charge in [0.05, 0.1) is 12.5 Å². The van der Waals surface area contributed by atoms with Crippen LogP contribution in [-0.2, 0) is 0 Å². The quantitative estimate of drug-likeness (QED) is 0.734. The largest absolute Gasteiger partial charge is 0.497 e. The summed E-state index contributed by atoms with van der Waals surface area (Å²) in [6.07, 6.45) is 0. The molecule has 0 unspecified atom stereocenters. The van der Waals surface area contributed by atoms with E-state index in [1.54, 1.807) is 18.4 Å². The number of benzene rings is 1. The SMILES string of the molecule is COc1ccc(N(C)c2nc(C)nc3sccc23)cc1. The summed E-state index contributed by atoms with van der Waals surface area (Å²) in [7, 11) is 3.68. The molecule has 1 aromatic carbocycles. The molecule has 0 fully saturated rings. The smallest absolute Gasteiger partial charge is 0.145 e. The summed E-state index contributed by atoms with van der Waals surface area (Å²) in [6, 6.07) is 10.0. The summed E-state index contributed by atoms with van der Waals surface area (Å²) in [4.78, 5) is 12.1. The molecule has 2 heterocycles. The maximum Gasteiger partial charge on any atom is 0.145 e. The first-order valence-corrected chi connectivity index (χ1v) is 7.16. The molecule has 102 valence electrons. The number of thiophene rings is 1. The van der Waals surface area contributed by atoms with Gasteiger partial charge in [0.25, 0.3) is 0 Å². The highest BCUT2D eigenvalue weighted by molar-refractivity contribution is 7.16. The molecule has 0 radical (unpaired) electrons. The Morgan fingerprint density at radius 1 is 1.10 bits per heavy atom. The van der Waals surface area contributed by atoms with Crippen molar-refractivity contribution in [2.45, 2.75) is 6.92 Å². The van der Waals surface area contributed by atoms with Gasteiger partial charge in [0, 0.05) is 12.7 Å². The van der Waals surface area contributed by atoms with E-state index < -0.39 is 0 Å². The zero-order chi connectivity index (χ0) is 14.1. The fraction of sp³-hybridized carbons (Fsp3) is 0.200. The van der Waals surface area contributed by atoms with Gasteiger partial charge in [0.2, 0.25) is 0 Å². The minimum absolute atomic E-state index is 0.787. The first-order valence-electron chi connectivity index (χ1n) is 6.28. The van der Waals surface area contributed by atoms with Gasteiger partial charge in [0.1, 0.15) is 22.2 Å². The number of aromatic nitrogens is 2. The van der Waals surface area contributed by atoms with Gasteiger partial charge >= 0.3 is 0 Å². The molecule has 3 rings (SSSR count). The topological polar surface area (TPSA) is 38.2 Å². The molecule has 0 amide bonds. The number of ether oxygens (including phenoxy) is 1. The molecule has 3 aromatic rings. The van der Waals surface area contributed by atoms with Crippen molar-refractivity contribution in [3.8, 4) is 5.75 Å². The number of rotatable bonds is 3. The van der Waals surface area contributed by atoms with Crippen LogP contribution in [0.5, 0.6) is 5.75 Å². The molecule has 5 heteroatoms. The van der Waals surface area contributed by atoms with Crippen molar-refractivity contribution >= 4 is 33.1 Å². The van der Waals surface area contributed by atoms with Crippen LogP contribution in [0.1, 0.15) is 5.82 Å². The third kappa shape index (κ3) is 2.20. The zero-order valence-electron chi connectivity index (χ0n) is 11.6. The second-order valence-corrected chi connectivity index (χ2v) is 5.39. The molecule has 4 nitrogen and oxygen atoms in total. The summed E-state index contributed by atoms with van der Waals surface area (Å²) < 4.78 is 5.19. The van der Waals surface area contributed by atoms with Crippen molar-refractivity contribution < 1.29 is 4.74 Å². The summed E-state index contributed by atoms with van der Waals surface area (Å²) in [5.41, 5.74) is 1.07. The molecule has 0 spiro atoms. The molecule has 0 N–H and O–H groups in total. The maximum absolute atomic E-state index is 5.19. The van der Waals surface area contributed by atoms with Crippen LogP contribution in [0, 0.1) is 6.92 Å². The molecule has 0 bridgehead atoms. The zero-order valence-corrected chi connectivity index (χ0v) is 12.4. The number of aryl methyl sites for hydroxylation is 1. The lowest BCUT2D eigenvalue weighted by molar-refractivity contribution is 0.415. The highest BCUT2D eigenvalue weighted by Crippen LogP contribution is 2.31. The van der Waals surface area contributed by atoms with Gasteiger partial charge in [-0.1, -0.05) is 0 Å². The Balaban J connectivity index is 2.06. The monoisotopic (exact) mass is 285 g/mol. The van der Waals surface area contributed by atoms with E-state index >= 15 is 0 Å². The normalized spacial score (nSPS) is 10.8. The average molecular weight is 285 g/mol. The Morgan fingerprint density at radius 2 is 1.85 bits per heavy atom. The second-order valence-electron chi connectivity index (χ2n) is 4.49. The van der Waals surface area contributed by atoms with E-state index in [-0.39, 0.29) is 0 Å². The van der Waals surface area contributed by atoms with Gasteiger partial charge in [-0.3, -0.25) is 0 Å². The van der Waals surface area contributed by atoms with Crippen LogP contribution >= 0.6 is 11.3 Å². The lowest BCUT2D eigenvalue weighted by Gasteiger charge is -2.19. The first-order chi connectivity index (χ1) is 9.69. The molecular weight excluding hydrogens is 270 g/mol. The van der Waals surface area contributed by atoms with E-state index in [9.17, 15) is 0 Å². The minimum atomic E-state index is 0.787. The van der Waals surface area contributed by atoms with Gasteiger partial charge in [-0.05, 0) is 42.6 Å². The van der Waals surface area contributed by atoms with Crippen LogP contribution in [0.3, 0.4) is 0 Å². The molecule has 0 saturated carbocycles. The fourth-order valence-electron chi connectivity index (χ4n) is 2.13. The number of anilines is 2. The predicted octanol–water partition coefficient (Wildman–Crippen LogP) is 3.78. The third-order valence-electron chi connectivity index (χ3n) is 3.19. The lowest BCUT2D eigenvalue weighted by Crippen LogP contribution is -2.12. The Bertz CT molecular complexity index is 736. The van der Waals surface area contributed by atoms with Crippen LogP contribution in [0.2, 0.25) is 0 Å². The van der Waals surface area contributed by atoms with Crippen molar-refractivity contribution in [1.82, 2.24) is 9.97 Å². The van der Waals surface area contributed by atoms with Crippen molar-refractivity contribution in [3.05, 3.63) is 41.5 Å². The Labute approximate surface area is 121 Å². The summed E-state index contributed by atoms with van der Waals surface area (Å²) in [6.45, 7) is 1.92. The Kier molecular flexibility index (Phi) is 3.28. The average Bonchev–Trinajstić information content (AvgIpc) is 2.94. The van der Waals surface area contributed by atoms with Crippen LogP contribution in [0.15, 0.2) is 35.7 Å². The summed E-state index contributed by atoms with van der Waals surface area (Å²) in [5, 5.41) is 3.13. The highest BCUT2D eigenvalue weighted by Gasteiger charge is 2.12. The number of nitrogens with zero attached hydrogens (tertiary/aromatic N) is 3. The molecule has 0 atom stereocenters. The first kappa shape index (κ1) is 12.9. The summed E-state index contributed by atoms with van der Waals surface area (Å²) in [5.74, 6) is 2.57. The van der Waals surface area contributed by atoms with Crippen molar-refractivity contribution in [2.75, 3.05) is 19.1 Å². The maximum atomic E-state index is 5.19. The van der Waals surface area contributed by atoms with E-state index in [1.165, 1.54) is 0 Å². The van der Waals surface area contributed by atoms with Crippen LogP contribution < -0.4 is 9.64 Å². The molecule has 0 saturated heterocycles. The van der Waals surface area contributed by atoms with E-state index in [0.29, 0.717) is 0 Å². The van der Waals surface area contributed by atoms with Gasteiger partial charge in [-0.15, -0.1) is 11.3 Å². The third-order valence-corrected chi connectivity index (χ3v) is 4.00. The van der Waals surface area contributed by atoms with E-state index in [2.05, 4.69) is 20.9 Å². The van der Waals surface area contributed by atoms with Crippen molar-refractivity contribution in [3.63, 3.8) is 0 Å². The van der Waals surface area contributed by atoms with Crippen LogP contribution in [0.4, 0.5) is 11.5 Å². The van der Waals surface area contributed by atoms with E-state index in [1.807, 2.05) is 43.6 Å². The number of hydrogen-bond acceptors (Lipinski definition) is 5. The fourth-order valence-corrected chi connectivity index (χ4v) is 2.93. The van der Waals surface area contributed by atoms with Crippen LogP contribution in [-0.4, -0.2) is 24.1 Å². The highest BCUT2D eigenvalue weighted by atomic mass is 32.1. The Morgan fingerprint density at radius 3 is 2.55 bits per heavy atom. The van der Waals surface area contributed by atoms with Crippen molar-refractivity contribution in [1.29, 1.82) is 0 Å². The predicted molar refractivity (Wildman–Crippen MR) is 83.2 cm³/mol. The van der Waals surface area contributed by atoms with Crippen LogP contribution in [0.25, 0.3) is 10.2 Å².